The number of alkyl halides is 2. The number of aryl methyl sites for hydroxylation is 2. The van der Waals surface area contributed by atoms with Gasteiger partial charge < -0.3 is 10.1 Å². The van der Waals surface area contributed by atoms with E-state index in [1.165, 1.54) is 4.68 Å². The zero-order valence-corrected chi connectivity index (χ0v) is 11.4. The van der Waals surface area contributed by atoms with Gasteiger partial charge in [-0.25, -0.2) is 13.5 Å². The molecule has 1 N–H and O–H groups in total. The lowest BCUT2D eigenvalue weighted by Crippen LogP contribution is -2.16. The molecule has 0 saturated heterocycles. The molecule has 1 aromatic heterocycles. The van der Waals surface area contributed by atoms with Crippen LogP contribution in [0.1, 0.15) is 19.0 Å². The molecule has 0 radical (unpaired) electrons. The summed E-state index contributed by atoms with van der Waals surface area (Å²) < 4.78 is 30.0. The molecular weight excluding hydrogens is 274 g/mol. The Morgan fingerprint density at radius 2 is 2.25 bits per heavy atom. The number of hydrogen-bond acceptors (Lipinski definition) is 5. The van der Waals surface area contributed by atoms with Gasteiger partial charge in [0.1, 0.15) is 12.3 Å². The van der Waals surface area contributed by atoms with Crippen molar-refractivity contribution >= 4 is 11.5 Å². The summed E-state index contributed by atoms with van der Waals surface area (Å²) in [5.74, 6) is 0.287. The maximum Gasteiger partial charge on any atom is 0.333 e. The van der Waals surface area contributed by atoms with Gasteiger partial charge in [-0.3, -0.25) is 10.1 Å². The average molecular weight is 292 g/mol. The molecule has 0 atom stereocenters. The molecule has 1 aromatic rings. The monoisotopic (exact) mass is 292 g/mol. The van der Waals surface area contributed by atoms with E-state index >= 15 is 0 Å². The zero-order chi connectivity index (χ0) is 15.1. The highest BCUT2D eigenvalue weighted by Crippen LogP contribution is 2.28. The first-order chi connectivity index (χ1) is 9.47. The van der Waals surface area contributed by atoms with Crippen LogP contribution in [0.2, 0.25) is 0 Å². The van der Waals surface area contributed by atoms with Crippen molar-refractivity contribution in [2.45, 2.75) is 33.2 Å². The second-order valence-electron chi connectivity index (χ2n) is 4.16. The van der Waals surface area contributed by atoms with Crippen molar-refractivity contribution in [3.8, 4) is 0 Å². The highest BCUT2D eigenvalue weighted by molar-refractivity contribution is 5.59. The highest BCUT2D eigenvalue weighted by atomic mass is 19.3. The number of anilines is 1. The molecule has 9 heteroatoms. The number of halogens is 2. The maximum atomic E-state index is 11.9. The Labute approximate surface area is 115 Å². The van der Waals surface area contributed by atoms with Crippen LogP contribution >= 0.6 is 0 Å². The summed E-state index contributed by atoms with van der Waals surface area (Å²) >= 11 is 0. The van der Waals surface area contributed by atoms with E-state index in [2.05, 4.69) is 10.4 Å². The summed E-state index contributed by atoms with van der Waals surface area (Å²) in [5, 5.41) is 18.0. The molecule has 0 spiro atoms. The fourth-order valence-corrected chi connectivity index (χ4v) is 1.75. The normalized spacial score (nSPS) is 11.1. The number of ether oxygens (including phenoxy) is 1. The third-order valence-electron chi connectivity index (χ3n) is 2.50. The third kappa shape index (κ3) is 4.41. The van der Waals surface area contributed by atoms with E-state index in [1.54, 1.807) is 6.92 Å². The lowest BCUT2D eigenvalue weighted by atomic mass is 10.4. The molecule has 0 aliphatic heterocycles. The van der Waals surface area contributed by atoms with Gasteiger partial charge in [0, 0.05) is 13.1 Å². The Morgan fingerprint density at radius 3 is 2.80 bits per heavy atom. The molecule has 1 heterocycles. The predicted molar refractivity (Wildman–Crippen MR) is 69.2 cm³/mol. The summed E-state index contributed by atoms with van der Waals surface area (Å²) in [6.45, 7) is 3.62. The Kier molecular flexibility index (Phi) is 6.29. The number of nitrogens with zero attached hydrogens (tertiary/aromatic N) is 3. The smallest absolute Gasteiger partial charge is 0.333 e. The van der Waals surface area contributed by atoms with Gasteiger partial charge >= 0.3 is 5.69 Å². The summed E-state index contributed by atoms with van der Waals surface area (Å²) in [6.07, 6.45) is -1.74. The van der Waals surface area contributed by atoms with Crippen molar-refractivity contribution in [3.05, 3.63) is 15.8 Å². The average Bonchev–Trinajstić information content (AvgIpc) is 2.65. The lowest BCUT2D eigenvalue weighted by molar-refractivity contribution is -0.384. The minimum absolute atomic E-state index is 0.0395. The van der Waals surface area contributed by atoms with Crippen LogP contribution in [0.15, 0.2) is 0 Å². The van der Waals surface area contributed by atoms with Crippen molar-refractivity contribution in [2.24, 2.45) is 0 Å². The van der Waals surface area contributed by atoms with E-state index in [0.29, 0.717) is 12.2 Å². The summed E-state index contributed by atoms with van der Waals surface area (Å²) in [4.78, 5) is 10.5. The first-order valence-electron chi connectivity index (χ1n) is 6.28. The number of rotatable bonds is 9. The number of nitro groups is 1. The highest BCUT2D eigenvalue weighted by Gasteiger charge is 2.24. The molecule has 0 unspecified atom stereocenters. The third-order valence-corrected chi connectivity index (χ3v) is 2.50. The first-order valence-corrected chi connectivity index (χ1v) is 6.28. The summed E-state index contributed by atoms with van der Waals surface area (Å²) in [7, 11) is 0. The molecule has 0 fully saturated rings. The van der Waals surface area contributed by atoms with Crippen molar-refractivity contribution < 1.29 is 18.4 Å². The molecule has 20 heavy (non-hydrogen) atoms. The van der Waals surface area contributed by atoms with Gasteiger partial charge in [0.25, 0.3) is 6.43 Å². The van der Waals surface area contributed by atoms with Crippen LogP contribution < -0.4 is 5.32 Å². The summed E-state index contributed by atoms with van der Waals surface area (Å²) in [6, 6.07) is 0. The fourth-order valence-electron chi connectivity index (χ4n) is 1.75. The molecule has 0 aliphatic carbocycles. The molecule has 114 valence electrons. The Balaban J connectivity index is 2.68. The molecule has 0 amide bonds. The molecule has 0 aliphatic rings. The van der Waals surface area contributed by atoms with E-state index in [1.807, 2.05) is 6.92 Å². The van der Waals surface area contributed by atoms with E-state index < -0.39 is 18.0 Å². The van der Waals surface area contributed by atoms with Gasteiger partial charge in [-0.15, -0.1) is 0 Å². The quantitative estimate of drug-likeness (QED) is 0.428. The van der Waals surface area contributed by atoms with Gasteiger partial charge in [-0.1, -0.05) is 6.92 Å². The van der Waals surface area contributed by atoms with Crippen LogP contribution in [0.25, 0.3) is 0 Å². The van der Waals surface area contributed by atoms with Gasteiger partial charge in [0.05, 0.1) is 11.5 Å². The van der Waals surface area contributed by atoms with E-state index in [-0.39, 0.29) is 24.7 Å². The van der Waals surface area contributed by atoms with Crippen LogP contribution in [0.3, 0.4) is 0 Å². The SMILES string of the molecule is CCCn1nc(C)c([N+](=O)[O-])c1NCCOCC(F)F. The van der Waals surface area contributed by atoms with Crippen LogP contribution in [-0.2, 0) is 11.3 Å². The van der Waals surface area contributed by atoms with Crippen LogP contribution in [-0.4, -0.2) is 40.9 Å². The standard InChI is InChI=1S/C11H18F2N4O3/c1-3-5-16-11(10(17(18)19)8(2)15-16)14-4-6-20-7-9(12)13/h9,14H,3-7H2,1-2H3. The maximum absolute atomic E-state index is 11.9. The second-order valence-corrected chi connectivity index (χ2v) is 4.16. The molecule has 0 bridgehead atoms. The van der Waals surface area contributed by atoms with Crippen molar-refractivity contribution in [3.63, 3.8) is 0 Å². The molecule has 0 saturated carbocycles. The Bertz CT molecular complexity index is 451. The van der Waals surface area contributed by atoms with Crippen LogP contribution in [0.5, 0.6) is 0 Å². The van der Waals surface area contributed by atoms with Gasteiger partial charge in [-0.2, -0.15) is 5.10 Å². The van der Waals surface area contributed by atoms with Gasteiger partial charge in [0.2, 0.25) is 5.82 Å². The Hall–Kier alpha value is -1.77. The van der Waals surface area contributed by atoms with E-state index in [0.717, 1.165) is 6.42 Å². The Morgan fingerprint density at radius 1 is 1.55 bits per heavy atom. The van der Waals surface area contributed by atoms with Crippen molar-refractivity contribution in [2.75, 3.05) is 25.1 Å². The topological polar surface area (TPSA) is 82.2 Å². The zero-order valence-electron chi connectivity index (χ0n) is 11.4. The van der Waals surface area contributed by atoms with Crippen LogP contribution in [0, 0.1) is 17.0 Å². The van der Waals surface area contributed by atoms with Gasteiger partial charge in [-0.05, 0) is 13.3 Å². The van der Waals surface area contributed by atoms with E-state index in [9.17, 15) is 18.9 Å². The van der Waals surface area contributed by atoms with Gasteiger partial charge in [0.15, 0.2) is 0 Å². The molecule has 7 nitrogen and oxygen atoms in total. The molecule has 0 aromatic carbocycles. The number of nitrogens with one attached hydrogen (secondary N) is 1. The molecule has 1 rings (SSSR count). The second kappa shape index (κ2) is 7.73. The van der Waals surface area contributed by atoms with Crippen molar-refractivity contribution in [1.82, 2.24) is 9.78 Å². The molecular formula is C11H18F2N4O3. The minimum atomic E-state index is -2.52. The summed E-state index contributed by atoms with van der Waals surface area (Å²) in [5.41, 5.74) is 0.228. The predicted octanol–water partition coefficient (Wildman–Crippen LogP) is 2.20. The van der Waals surface area contributed by atoms with Crippen molar-refractivity contribution in [1.29, 1.82) is 0 Å². The minimum Gasteiger partial charge on any atom is -0.374 e. The van der Waals surface area contributed by atoms with E-state index in [4.69, 9.17) is 4.74 Å². The first kappa shape index (κ1) is 16.3. The number of aromatic nitrogens is 2. The fraction of sp³-hybridized carbons (Fsp3) is 0.727. The van der Waals surface area contributed by atoms with Crippen LogP contribution in [0.4, 0.5) is 20.3 Å². The lowest BCUT2D eigenvalue weighted by Gasteiger charge is -2.08. The number of hydrogen-bond donors (Lipinski definition) is 1. The largest absolute Gasteiger partial charge is 0.374 e.